The second-order valence-corrected chi connectivity index (χ2v) is 4.40. The van der Waals surface area contributed by atoms with E-state index in [0.29, 0.717) is 6.04 Å². The maximum absolute atomic E-state index is 5.12. The van der Waals surface area contributed by atoms with E-state index in [9.17, 15) is 0 Å². The molecule has 0 aromatic carbocycles. The Hall–Kier alpha value is -0.830. The quantitative estimate of drug-likeness (QED) is 0.781. The van der Waals surface area contributed by atoms with E-state index in [0.717, 1.165) is 23.9 Å². The zero-order chi connectivity index (χ0) is 9.97. The summed E-state index contributed by atoms with van der Waals surface area (Å²) in [5.41, 5.74) is 0.955. The number of aryl methyl sites for hydroxylation is 1. The number of rotatable bonds is 5. The Morgan fingerprint density at radius 1 is 1.64 bits per heavy atom. The van der Waals surface area contributed by atoms with Crippen LogP contribution in [0.5, 0.6) is 0 Å². The zero-order valence-electron chi connectivity index (χ0n) is 8.92. The summed E-state index contributed by atoms with van der Waals surface area (Å²) < 4.78 is 5.12. The van der Waals surface area contributed by atoms with E-state index in [1.54, 1.807) is 0 Å². The van der Waals surface area contributed by atoms with Crippen LogP contribution in [0.15, 0.2) is 10.6 Å². The first-order chi connectivity index (χ1) is 6.74. The molecule has 1 atom stereocenters. The predicted octanol–water partition coefficient (Wildman–Crippen LogP) is 2.26. The number of nitrogens with zero attached hydrogens (tertiary/aromatic N) is 1. The summed E-state index contributed by atoms with van der Waals surface area (Å²) in [6.07, 6.45) is 4.15. The van der Waals surface area contributed by atoms with E-state index in [-0.39, 0.29) is 0 Å². The van der Waals surface area contributed by atoms with Gasteiger partial charge < -0.3 is 9.84 Å². The third-order valence-corrected chi connectivity index (χ3v) is 2.69. The molecule has 1 aliphatic rings. The largest absolute Gasteiger partial charge is 0.360 e. The normalized spacial score (nSPS) is 18.4. The second-order valence-electron chi connectivity index (χ2n) is 4.40. The summed E-state index contributed by atoms with van der Waals surface area (Å²) in [7, 11) is 0. The van der Waals surface area contributed by atoms with Gasteiger partial charge in [0.15, 0.2) is 5.76 Å². The van der Waals surface area contributed by atoms with E-state index in [1.165, 1.54) is 19.3 Å². The molecule has 1 N–H and O–H groups in total. The van der Waals surface area contributed by atoms with Crippen molar-refractivity contribution in [2.24, 2.45) is 5.92 Å². The topological polar surface area (TPSA) is 38.1 Å². The van der Waals surface area contributed by atoms with Gasteiger partial charge in [-0.25, -0.2) is 0 Å². The fraction of sp³-hybridized carbons (Fsp3) is 0.727. The monoisotopic (exact) mass is 194 g/mol. The highest BCUT2D eigenvalue weighted by Gasteiger charge is 2.23. The summed E-state index contributed by atoms with van der Waals surface area (Å²) in [5.74, 6) is 1.92. The molecule has 1 aromatic rings. The molecule has 0 radical (unpaired) electrons. The van der Waals surface area contributed by atoms with Crippen LogP contribution in [0.1, 0.15) is 37.6 Å². The van der Waals surface area contributed by atoms with Crippen LogP contribution in [0, 0.1) is 12.8 Å². The van der Waals surface area contributed by atoms with Crippen LogP contribution in [0.3, 0.4) is 0 Å². The lowest BCUT2D eigenvalue weighted by Gasteiger charge is -2.11. The van der Waals surface area contributed by atoms with Gasteiger partial charge in [0.1, 0.15) is 0 Å². The van der Waals surface area contributed by atoms with E-state index in [4.69, 9.17) is 4.52 Å². The number of aromatic nitrogens is 1. The number of hydrogen-bond acceptors (Lipinski definition) is 3. The van der Waals surface area contributed by atoms with Crippen LogP contribution < -0.4 is 5.32 Å². The van der Waals surface area contributed by atoms with Gasteiger partial charge in [0.2, 0.25) is 0 Å². The van der Waals surface area contributed by atoms with Gasteiger partial charge >= 0.3 is 0 Å². The lowest BCUT2D eigenvalue weighted by Crippen LogP contribution is -2.25. The molecule has 1 saturated carbocycles. The molecule has 1 aliphatic carbocycles. The minimum atomic E-state index is 0.591. The van der Waals surface area contributed by atoms with Gasteiger partial charge in [0.05, 0.1) is 12.2 Å². The van der Waals surface area contributed by atoms with Crippen LogP contribution in [0.2, 0.25) is 0 Å². The summed E-state index contributed by atoms with van der Waals surface area (Å²) in [4.78, 5) is 0. The second kappa shape index (κ2) is 4.13. The highest BCUT2D eigenvalue weighted by molar-refractivity contribution is 5.02. The molecule has 0 bridgehead atoms. The van der Waals surface area contributed by atoms with Crippen molar-refractivity contribution in [2.75, 3.05) is 0 Å². The molecule has 0 spiro atoms. The van der Waals surface area contributed by atoms with Gasteiger partial charge in [0, 0.05) is 12.1 Å². The maximum Gasteiger partial charge on any atom is 0.150 e. The molecular weight excluding hydrogens is 176 g/mol. The van der Waals surface area contributed by atoms with E-state index >= 15 is 0 Å². The van der Waals surface area contributed by atoms with Crippen LogP contribution in [-0.2, 0) is 6.54 Å². The van der Waals surface area contributed by atoms with Crippen molar-refractivity contribution in [3.63, 3.8) is 0 Å². The Morgan fingerprint density at radius 2 is 2.43 bits per heavy atom. The Bertz CT molecular complexity index is 291. The van der Waals surface area contributed by atoms with Gasteiger partial charge in [-0.1, -0.05) is 18.0 Å². The third kappa shape index (κ3) is 2.84. The van der Waals surface area contributed by atoms with Crippen molar-refractivity contribution in [3.8, 4) is 0 Å². The van der Waals surface area contributed by atoms with Crippen molar-refractivity contribution in [3.05, 3.63) is 17.5 Å². The smallest absolute Gasteiger partial charge is 0.150 e. The average molecular weight is 194 g/mol. The molecule has 0 aliphatic heterocycles. The predicted molar refractivity (Wildman–Crippen MR) is 54.9 cm³/mol. The Kier molecular flexibility index (Phi) is 2.87. The lowest BCUT2D eigenvalue weighted by molar-refractivity contribution is 0.357. The summed E-state index contributed by atoms with van der Waals surface area (Å²) in [5, 5.41) is 7.30. The molecule has 1 heterocycles. The highest BCUT2D eigenvalue weighted by atomic mass is 16.5. The van der Waals surface area contributed by atoms with Crippen molar-refractivity contribution >= 4 is 0 Å². The highest BCUT2D eigenvalue weighted by Crippen LogP contribution is 2.33. The summed E-state index contributed by atoms with van der Waals surface area (Å²) in [6, 6.07) is 2.57. The zero-order valence-corrected chi connectivity index (χ0v) is 8.92. The standard InChI is InChI=1S/C11H18N2O/c1-8(5-10-3-4-10)12-7-11-6-9(2)13-14-11/h6,8,10,12H,3-5,7H2,1-2H3. The van der Waals surface area contributed by atoms with Gasteiger partial charge in [-0.3, -0.25) is 0 Å². The number of nitrogens with one attached hydrogen (secondary N) is 1. The first-order valence-electron chi connectivity index (χ1n) is 5.39. The molecule has 0 amide bonds. The lowest BCUT2D eigenvalue weighted by atomic mass is 10.1. The van der Waals surface area contributed by atoms with Crippen LogP contribution in [-0.4, -0.2) is 11.2 Å². The first-order valence-corrected chi connectivity index (χ1v) is 5.39. The van der Waals surface area contributed by atoms with E-state index in [2.05, 4.69) is 17.4 Å². The molecule has 3 nitrogen and oxygen atoms in total. The number of hydrogen-bond donors (Lipinski definition) is 1. The molecule has 1 aromatic heterocycles. The Morgan fingerprint density at radius 3 is 3.00 bits per heavy atom. The molecular formula is C11H18N2O. The molecule has 0 saturated heterocycles. The summed E-state index contributed by atoms with van der Waals surface area (Å²) in [6.45, 7) is 4.98. The van der Waals surface area contributed by atoms with Crippen molar-refractivity contribution in [2.45, 2.75) is 45.7 Å². The van der Waals surface area contributed by atoms with Crippen molar-refractivity contribution in [1.82, 2.24) is 10.5 Å². The van der Waals surface area contributed by atoms with E-state index < -0.39 is 0 Å². The third-order valence-electron chi connectivity index (χ3n) is 2.69. The van der Waals surface area contributed by atoms with Crippen LogP contribution in [0.25, 0.3) is 0 Å². The Balaban J connectivity index is 1.70. The van der Waals surface area contributed by atoms with Gasteiger partial charge in [-0.05, 0) is 26.2 Å². The molecule has 78 valence electrons. The minimum Gasteiger partial charge on any atom is -0.360 e. The maximum atomic E-state index is 5.12. The van der Waals surface area contributed by atoms with Crippen molar-refractivity contribution < 1.29 is 4.52 Å². The SMILES string of the molecule is Cc1cc(CNC(C)CC2CC2)on1. The molecule has 14 heavy (non-hydrogen) atoms. The van der Waals surface area contributed by atoms with E-state index in [1.807, 2.05) is 13.0 Å². The fourth-order valence-corrected chi connectivity index (χ4v) is 1.71. The fourth-order valence-electron chi connectivity index (χ4n) is 1.71. The minimum absolute atomic E-state index is 0.591. The van der Waals surface area contributed by atoms with Crippen LogP contribution in [0.4, 0.5) is 0 Å². The molecule has 1 unspecified atom stereocenters. The molecule has 2 rings (SSSR count). The Labute approximate surface area is 84.9 Å². The van der Waals surface area contributed by atoms with Crippen molar-refractivity contribution in [1.29, 1.82) is 0 Å². The average Bonchev–Trinajstić information content (AvgIpc) is 2.85. The van der Waals surface area contributed by atoms with Crippen LogP contribution >= 0.6 is 0 Å². The van der Waals surface area contributed by atoms with Gasteiger partial charge in [-0.15, -0.1) is 0 Å². The molecule has 1 fully saturated rings. The van der Waals surface area contributed by atoms with Gasteiger partial charge in [0.25, 0.3) is 0 Å². The van der Waals surface area contributed by atoms with Gasteiger partial charge in [-0.2, -0.15) is 0 Å². The first kappa shape index (κ1) is 9.71. The molecule has 3 heteroatoms. The summed E-state index contributed by atoms with van der Waals surface area (Å²) >= 11 is 0.